The zero-order chi connectivity index (χ0) is 14.9. The molecule has 1 aromatic heterocycles. The second-order valence-electron chi connectivity index (χ2n) is 4.44. The van der Waals surface area contributed by atoms with E-state index in [2.05, 4.69) is 32.9 Å². The van der Waals surface area contributed by atoms with Crippen molar-refractivity contribution in [1.82, 2.24) is 4.98 Å². The highest BCUT2D eigenvalue weighted by Crippen LogP contribution is 2.21. The third-order valence-electron chi connectivity index (χ3n) is 2.85. The molecule has 3 N–H and O–H groups in total. The molecule has 20 heavy (non-hydrogen) atoms. The van der Waals surface area contributed by atoms with Gasteiger partial charge in [0.1, 0.15) is 5.69 Å². The molecule has 0 radical (unpaired) electrons. The number of aryl methyl sites for hydroxylation is 2. The second-order valence-corrected chi connectivity index (χ2v) is 5.52. The van der Waals surface area contributed by atoms with Gasteiger partial charge in [-0.05, 0) is 54.1 Å². The summed E-state index contributed by atoms with van der Waals surface area (Å²) in [5.41, 5.74) is 2.47. The number of carbonyl (C=O) groups excluding carboxylic acids is 1. The molecule has 0 bridgehead atoms. The van der Waals surface area contributed by atoms with Gasteiger partial charge in [0.05, 0.1) is 11.3 Å². The van der Waals surface area contributed by atoms with Gasteiger partial charge in [0, 0.05) is 9.26 Å². The summed E-state index contributed by atoms with van der Waals surface area (Å²) in [6.07, 6.45) is 0. The Balaban J connectivity index is 2.33. The van der Waals surface area contributed by atoms with Crippen LogP contribution in [0.1, 0.15) is 32.1 Å². The third-order valence-corrected chi connectivity index (χ3v) is 4.28. The number of hydrogen-bond acceptors (Lipinski definition) is 2. The Morgan fingerprint density at radius 2 is 2.00 bits per heavy atom. The number of carboxylic acids is 1. The van der Waals surface area contributed by atoms with E-state index in [9.17, 15) is 9.59 Å². The van der Waals surface area contributed by atoms with E-state index in [1.165, 1.54) is 0 Å². The summed E-state index contributed by atoms with van der Waals surface area (Å²) in [5, 5.41) is 11.7. The minimum absolute atomic E-state index is 0.0153. The lowest BCUT2D eigenvalue weighted by Crippen LogP contribution is -2.15. The number of hydrogen-bond donors (Lipinski definition) is 3. The van der Waals surface area contributed by atoms with Crippen molar-refractivity contribution in [3.63, 3.8) is 0 Å². The summed E-state index contributed by atoms with van der Waals surface area (Å²) in [5.74, 6) is -1.42. The van der Waals surface area contributed by atoms with Gasteiger partial charge >= 0.3 is 5.97 Å². The van der Waals surface area contributed by atoms with E-state index < -0.39 is 5.97 Å². The summed E-state index contributed by atoms with van der Waals surface area (Å²) < 4.78 is 0.853. The Kier molecular flexibility index (Phi) is 4.12. The third kappa shape index (κ3) is 2.84. The van der Waals surface area contributed by atoms with Crippen molar-refractivity contribution in [2.45, 2.75) is 13.8 Å². The Bertz CT molecular complexity index is 692. The normalized spacial score (nSPS) is 10.3. The van der Waals surface area contributed by atoms with Gasteiger partial charge in [-0.2, -0.15) is 0 Å². The molecule has 0 fully saturated rings. The minimum atomic E-state index is -1.10. The smallest absolute Gasteiger partial charge is 0.354 e. The van der Waals surface area contributed by atoms with Crippen LogP contribution in [-0.4, -0.2) is 22.0 Å². The molecule has 0 saturated heterocycles. The zero-order valence-corrected chi connectivity index (χ0v) is 13.1. The second kappa shape index (κ2) is 5.66. The van der Waals surface area contributed by atoms with Gasteiger partial charge in [-0.1, -0.05) is 12.1 Å². The van der Waals surface area contributed by atoms with E-state index in [1.54, 1.807) is 25.1 Å². The topological polar surface area (TPSA) is 82.2 Å². The van der Waals surface area contributed by atoms with Crippen LogP contribution in [0.4, 0.5) is 5.69 Å². The van der Waals surface area contributed by atoms with Gasteiger partial charge in [0.15, 0.2) is 0 Å². The number of H-pyrrole nitrogens is 1. The predicted octanol–water partition coefficient (Wildman–Crippen LogP) is 3.19. The van der Waals surface area contributed by atoms with E-state index in [4.69, 9.17) is 5.11 Å². The van der Waals surface area contributed by atoms with Crippen LogP contribution in [0.5, 0.6) is 0 Å². The number of nitrogens with one attached hydrogen (secondary N) is 2. The van der Waals surface area contributed by atoms with Crippen LogP contribution < -0.4 is 5.32 Å². The summed E-state index contributed by atoms with van der Waals surface area (Å²) in [7, 11) is 0. The maximum atomic E-state index is 12.2. The Hall–Kier alpha value is -1.83. The van der Waals surface area contributed by atoms with Gasteiger partial charge in [-0.3, -0.25) is 4.79 Å². The van der Waals surface area contributed by atoms with Crippen molar-refractivity contribution >= 4 is 40.2 Å². The van der Waals surface area contributed by atoms with Crippen molar-refractivity contribution in [3.8, 4) is 0 Å². The molecule has 1 aromatic carbocycles. The number of anilines is 1. The van der Waals surface area contributed by atoms with E-state index in [1.807, 2.05) is 13.0 Å². The molecular formula is C14H13IN2O3. The first-order chi connectivity index (χ1) is 9.40. The van der Waals surface area contributed by atoms with Gasteiger partial charge in [-0.15, -0.1) is 0 Å². The molecule has 0 aliphatic heterocycles. The summed E-state index contributed by atoms with van der Waals surface area (Å²) in [6.45, 7) is 3.65. The van der Waals surface area contributed by atoms with Crippen molar-refractivity contribution in [3.05, 3.63) is 50.4 Å². The molecule has 0 aliphatic carbocycles. The van der Waals surface area contributed by atoms with Gasteiger partial charge in [-0.25, -0.2) is 4.79 Å². The standard InChI is InChI=1S/C14H13IN2O3/c1-7-4-3-5-9(11(7)15)13(18)17-10-6-8(2)16-12(10)14(19)20/h3-6,16H,1-2H3,(H,17,18)(H,19,20). The maximum absolute atomic E-state index is 12.2. The number of aromatic nitrogens is 1. The van der Waals surface area contributed by atoms with Crippen LogP contribution >= 0.6 is 22.6 Å². The molecule has 0 aliphatic rings. The zero-order valence-electron chi connectivity index (χ0n) is 11.0. The Labute approximate surface area is 129 Å². The fourth-order valence-electron chi connectivity index (χ4n) is 1.87. The van der Waals surface area contributed by atoms with E-state index in [0.717, 1.165) is 9.13 Å². The van der Waals surface area contributed by atoms with Crippen molar-refractivity contribution in [1.29, 1.82) is 0 Å². The fraction of sp³-hybridized carbons (Fsp3) is 0.143. The summed E-state index contributed by atoms with van der Waals surface area (Å²) >= 11 is 2.11. The molecular weight excluding hydrogens is 371 g/mol. The average molecular weight is 384 g/mol. The monoisotopic (exact) mass is 384 g/mol. The van der Waals surface area contributed by atoms with Gasteiger partial charge < -0.3 is 15.4 Å². The number of halogens is 1. The van der Waals surface area contributed by atoms with Crippen LogP contribution in [0, 0.1) is 17.4 Å². The highest BCUT2D eigenvalue weighted by Gasteiger charge is 2.17. The van der Waals surface area contributed by atoms with Gasteiger partial charge in [0.2, 0.25) is 0 Å². The largest absolute Gasteiger partial charge is 0.477 e. The molecule has 0 unspecified atom stereocenters. The van der Waals surface area contributed by atoms with Crippen molar-refractivity contribution < 1.29 is 14.7 Å². The first-order valence-electron chi connectivity index (χ1n) is 5.89. The average Bonchev–Trinajstić information content (AvgIpc) is 2.73. The number of rotatable bonds is 3. The molecule has 0 saturated carbocycles. The van der Waals surface area contributed by atoms with Crippen LogP contribution in [-0.2, 0) is 0 Å². The summed E-state index contributed by atoms with van der Waals surface area (Å²) in [4.78, 5) is 26.0. The number of carbonyl (C=O) groups is 2. The highest BCUT2D eigenvalue weighted by atomic mass is 127. The van der Waals surface area contributed by atoms with Crippen LogP contribution in [0.25, 0.3) is 0 Å². The van der Waals surface area contributed by atoms with Crippen LogP contribution in [0.2, 0.25) is 0 Å². The quantitative estimate of drug-likeness (QED) is 0.711. The first-order valence-corrected chi connectivity index (χ1v) is 6.97. The molecule has 6 heteroatoms. The van der Waals surface area contributed by atoms with Crippen LogP contribution in [0.3, 0.4) is 0 Å². The van der Waals surface area contributed by atoms with E-state index in [0.29, 0.717) is 11.3 Å². The lowest BCUT2D eigenvalue weighted by atomic mass is 10.1. The number of benzene rings is 1. The lowest BCUT2D eigenvalue weighted by Gasteiger charge is -2.08. The molecule has 1 heterocycles. The molecule has 104 valence electrons. The van der Waals surface area contributed by atoms with Crippen LogP contribution in [0.15, 0.2) is 24.3 Å². The van der Waals surface area contributed by atoms with E-state index >= 15 is 0 Å². The molecule has 2 aromatic rings. The number of amides is 1. The minimum Gasteiger partial charge on any atom is -0.477 e. The maximum Gasteiger partial charge on any atom is 0.354 e. The van der Waals surface area contributed by atoms with Crippen molar-refractivity contribution in [2.75, 3.05) is 5.32 Å². The number of carboxylic acid groups (broad SMARTS) is 1. The SMILES string of the molecule is Cc1cc(NC(=O)c2cccc(C)c2I)c(C(=O)O)[nH]1. The predicted molar refractivity (Wildman–Crippen MR) is 84.3 cm³/mol. The fourth-order valence-corrected chi connectivity index (χ4v) is 2.47. The summed E-state index contributed by atoms with van der Waals surface area (Å²) in [6, 6.07) is 7.03. The molecule has 1 amide bonds. The molecule has 0 spiro atoms. The molecule has 0 atom stereocenters. The first kappa shape index (κ1) is 14.6. The number of aromatic amines is 1. The molecule has 5 nitrogen and oxygen atoms in total. The van der Waals surface area contributed by atoms with Crippen molar-refractivity contribution in [2.24, 2.45) is 0 Å². The van der Waals surface area contributed by atoms with Gasteiger partial charge in [0.25, 0.3) is 5.91 Å². The number of aromatic carboxylic acids is 1. The highest BCUT2D eigenvalue weighted by molar-refractivity contribution is 14.1. The Morgan fingerprint density at radius 3 is 2.65 bits per heavy atom. The molecule has 2 rings (SSSR count). The lowest BCUT2D eigenvalue weighted by molar-refractivity contribution is 0.0692. The Morgan fingerprint density at radius 1 is 1.30 bits per heavy atom. The van der Waals surface area contributed by atoms with E-state index in [-0.39, 0.29) is 17.3 Å².